The summed E-state index contributed by atoms with van der Waals surface area (Å²) in [7, 11) is 0. The van der Waals surface area contributed by atoms with E-state index in [4.69, 9.17) is 11.6 Å². The molecule has 2 heterocycles. The molecule has 0 bridgehead atoms. The summed E-state index contributed by atoms with van der Waals surface area (Å²) in [4.78, 5) is 4.26. The molecule has 1 unspecified atom stereocenters. The standard InChI is InChI=1S/C13H14ClF3N2O/c1-6(2)10-11(7(3)20)19-5-8(13(15,16)17)4-9(14)12(19)18-10/h4-7,20H,1-3H3. The Morgan fingerprint density at radius 3 is 2.35 bits per heavy atom. The van der Waals surface area contributed by atoms with Crippen molar-refractivity contribution in [3.63, 3.8) is 0 Å². The number of hydrogen-bond donors (Lipinski definition) is 1. The number of halogens is 4. The number of aliphatic hydroxyl groups is 1. The van der Waals surface area contributed by atoms with Gasteiger partial charge in [0, 0.05) is 6.20 Å². The van der Waals surface area contributed by atoms with Crippen LogP contribution in [0, 0.1) is 0 Å². The van der Waals surface area contributed by atoms with Crippen LogP contribution in [-0.4, -0.2) is 14.5 Å². The van der Waals surface area contributed by atoms with Crippen molar-refractivity contribution in [1.29, 1.82) is 0 Å². The molecule has 0 amide bonds. The maximum absolute atomic E-state index is 12.8. The molecule has 0 saturated heterocycles. The molecule has 0 aliphatic rings. The normalized spacial score (nSPS) is 14.2. The first-order valence-electron chi connectivity index (χ1n) is 6.09. The van der Waals surface area contributed by atoms with Crippen molar-refractivity contribution in [2.45, 2.75) is 39.0 Å². The lowest BCUT2D eigenvalue weighted by Gasteiger charge is -2.12. The van der Waals surface area contributed by atoms with Gasteiger partial charge in [0.2, 0.25) is 0 Å². The molecule has 0 aromatic carbocycles. The van der Waals surface area contributed by atoms with E-state index in [1.807, 2.05) is 13.8 Å². The van der Waals surface area contributed by atoms with Crippen LogP contribution in [0.2, 0.25) is 5.02 Å². The van der Waals surface area contributed by atoms with E-state index in [1.165, 1.54) is 11.3 Å². The van der Waals surface area contributed by atoms with Crippen LogP contribution in [0.25, 0.3) is 5.65 Å². The van der Waals surface area contributed by atoms with E-state index in [0.29, 0.717) is 11.4 Å². The molecule has 0 spiro atoms. The van der Waals surface area contributed by atoms with Crippen LogP contribution in [0.3, 0.4) is 0 Å². The number of alkyl halides is 3. The zero-order chi connectivity index (χ0) is 15.2. The number of imidazole rings is 1. The summed E-state index contributed by atoms with van der Waals surface area (Å²) in [6.45, 7) is 5.20. The van der Waals surface area contributed by atoms with Crippen LogP contribution in [0.1, 0.15) is 49.7 Å². The Morgan fingerprint density at radius 1 is 1.30 bits per heavy atom. The third-order valence-corrected chi connectivity index (χ3v) is 3.29. The Labute approximate surface area is 119 Å². The summed E-state index contributed by atoms with van der Waals surface area (Å²) in [6.07, 6.45) is -4.53. The van der Waals surface area contributed by atoms with E-state index in [2.05, 4.69) is 4.98 Å². The van der Waals surface area contributed by atoms with Gasteiger partial charge in [0.1, 0.15) is 0 Å². The van der Waals surface area contributed by atoms with Crippen molar-refractivity contribution in [3.8, 4) is 0 Å². The van der Waals surface area contributed by atoms with Crippen LogP contribution in [0.4, 0.5) is 13.2 Å². The minimum Gasteiger partial charge on any atom is -0.387 e. The molecule has 110 valence electrons. The topological polar surface area (TPSA) is 37.5 Å². The molecule has 2 aromatic rings. The molecule has 0 aliphatic carbocycles. The van der Waals surface area contributed by atoms with Crippen LogP contribution < -0.4 is 0 Å². The Balaban J connectivity index is 2.84. The summed E-state index contributed by atoms with van der Waals surface area (Å²) in [6, 6.07) is 0.847. The number of pyridine rings is 1. The SMILES string of the molecule is CC(C)c1nc2c(Cl)cc(C(F)(F)F)cn2c1C(C)O. The molecule has 2 rings (SSSR count). The molecule has 0 fully saturated rings. The van der Waals surface area contributed by atoms with Gasteiger partial charge < -0.3 is 5.11 Å². The average Bonchev–Trinajstić information content (AvgIpc) is 2.67. The number of nitrogens with zero attached hydrogens (tertiary/aromatic N) is 2. The van der Waals surface area contributed by atoms with Gasteiger partial charge in [-0.25, -0.2) is 4.98 Å². The summed E-state index contributed by atoms with van der Waals surface area (Å²) < 4.78 is 39.7. The number of rotatable bonds is 2. The first-order valence-corrected chi connectivity index (χ1v) is 6.47. The second kappa shape index (κ2) is 4.93. The number of aromatic nitrogens is 2. The molecule has 7 heteroatoms. The summed E-state index contributed by atoms with van der Waals surface area (Å²) >= 11 is 5.90. The molecular weight excluding hydrogens is 293 g/mol. The van der Waals surface area contributed by atoms with E-state index in [1.54, 1.807) is 0 Å². The lowest BCUT2D eigenvalue weighted by molar-refractivity contribution is -0.137. The van der Waals surface area contributed by atoms with Gasteiger partial charge in [0.25, 0.3) is 0 Å². The van der Waals surface area contributed by atoms with Gasteiger partial charge in [-0.2, -0.15) is 13.2 Å². The van der Waals surface area contributed by atoms with Gasteiger partial charge in [0.15, 0.2) is 5.65 Å². The molecule has 1 atom stereocenters. The van der Waals surface area contributed by atoms with Crippen molar-refractivity contribution in [3.05, 3.63) is 34.2 Å². The van der Waals surface area contributed by atoms with Crippen LogP contribution in [0.5, 0.6) is 0 Å². The summed E-state index contributed by atoms with van der Waals surface area (Å²) in [5.74, 6) is -0.0371. The number of aliphatic hydroxyl groups excluding tert-OH is 1. The van der Waals surface area contributed by atoms with Crippen LogP contribution >= 0.6 is 11.6 Å². The summed E-state index contributed by atoms with van der Waals surface area (Å²) in [5, 5.41) is 9.75. The minimum absolute atomic E-state index is 0.0371. The fraction of sp³-hybridized carbons (Fsp3) is 0.462. The van der Waals surface area contributed by atoms with E-state index in [-0.39, 0.29) is 16.6 Å². The third kappa shape index (κ3) is 2.50. The van der Waals surface area contributed by atoms with Gasteiger partial charge in [-0.15, -0.1) is 0 Å². The lowest BCUT2D eigenvalue weighted by Crippen LogP contribution is -2.09. The van der Waals surface area contributed by atoms with Crippen molar-refractivity contribution in [1.82, 2.24) is 9.38 Å². The van der Waals surface area contributed by atoms with Gasteiger partial charge in [0.05, 0.1) is 28.1 Å². The highest BCUT2D eigenvalue weighted by molar-refractivity contribution is 6.33. The maximum atomic E-state index is 12.8. The monoisotopic (exact) mass is 306 g/mol. The van der Waals surface area contributed by atoms with E-state index >= 15 is 0 Å². The highest BCUT2D eigenvalue weighted by atomic mass is 35.5. The smallest absolute Gasteiger partial charge is 0.387 e. The molecule has 20 heavy (non-hydrogen) atoms. The second-order valence-corrected chi connectivity index (χ2v) is 5.39. The maximum Gasteiger partial charge on any atom is 0.417 e. The van der Waals surface area contributed by atoms with Crippen LogP contribution in [-0.2, 0) is 6.18 Å². The first kappa shape index (κ1) is 15.1. The Kier molecular flexibility index (Phi) is 3.73. The van der Waals surface area contributed by atoms with Gasteiger partial charge in [-0.3, -0.25) is 4.40 Å². The molecule has 0 aliphatic heterocycles. The Bertz CT molecular complexity index is 647. The van der Waals surface area contributed by atoms with Gasteiger partial charge in [-0.1, -0.05) is 25.4 Å². The van der Waals surface area contributed by atoms with Gasteiger partial charge >= 0.3 is 6.18 Å². The fourth-order valence-electron chi connectivity index (χ4n) is 2.13. The van der Waals surface area contributed by atoms with Crippen molar-refractivity contribution >= 4 is 17.2 Å². The predicted octanol–water partition coefficient (Wildman–Crippen LogP) is 4.18. The predicted molar refractivity (Wildman–Crippen MR) is 69.9 cm³/mol. The van der Waals surface area contributed by atoms with Crippen molar-refractivity contribution < 1.29 is 18.3 Å². The third-order valence-electron chi connectivity index (χ3n) is 3.01. The van der Waals surface area contributed by atoms with Crippen molar-refractivity contribution in [2.75, 3.05) is 0 Å². The highest BCUT2D eigenvalue weighted by Crippen LogP contribution is 2.35. The van der Waals surface area contributed by atoms with Gasteiger partial charge in [-0.05, 0) is 18.9 Å². The molecular formula is C13H14ClF3N2O. The van der Waals surface area contributed by atoms with E-state index < -0.39 is 17.8 Å². The quantitative estimate of drug-likeness (QED) is 0.903. The molecule has 3 nitrogen and oxygen atoms in total. The number of fused-ring (bicyclic) bond motifs is 1. The number of hydrogen-bond acceptors (Lipinski definition) is 2. The van der Waals surface area contributed by atoms with Crippen LogP contribution in [0.15, 0.2) is 12.3 Å². The fourth-order valence-corrected chi connectivity index (χ4v) is 2.39. The van der Waals surface area contributed by atoms with E-state index in [9.17, 15) is 18.3 Å². The first-order chi connectivity index (χ1) is 9.12. The van der Waals surface area contributed by atoms with Crippen molar-refractivity contribution in [2.24, 2.45) is 0 Å². The summed E-state index contributed by atoms with van der Waals surface area (Å²) in [5.41, 5.74) is 0.230. The largest absolute Gasteiger partial charge is 0.417 e. The molecule has 2 aromatic heterocycles. The zero-order valence-electron chi connectivity index (χ0n) is 11.2. The molecule has 1 N–H and O–H groups in total. The average molecular weight is 307 g/mol. The Morgan fingerprint density at radius 2 is 1.90 bits per heavy atom. The highest BCUT2D eigenvalue weighted by Gasteiger charge is 2.33. The molecule has 0 radical (unpaired) electrons. The lowest BCUT2D eigenvalue weighted by atomic mass is 10.1. The minimum atomic E-state index is -4.50. The second-order valence-electron chi connectivity index (χ2n) is 4.98. The molecule has 0 saturated carbocycles. The zero-order valence-corrected chi connectivity index (χ0v) is 11.9. The Hall–Kier alpha value is -1.27. The van der Waals surface area contributed by atoms with E-state index in [0.717, 1.165) is 12.3 Å².